The van der Waals surface area contributed by atoms with Gasteiger partial charge in [-0.1, -0.05) is 41.9 Å². The van der Waals surface area contributed by atoms with Gasteiger partial charge < -0.3 is 14.5 Å². The maximum Gasteiger partial charge on any atom is 0.262 e. The van der Waals surface area contributed by atoms with Crippen LogP contribution in [-0.4, -0.2) is 12.5 Å². The Balaban J connectivity index is 1.50. The molecule has 0 aliphatic carbocycles. The number of halogens is 1. The number of rotatable bonds is 4. The fourth-order valence-electron chi connectivity index (χ4n) is 2.69. The van der Waals surface area contributed by atoms with E-state index in [0.717, 1.165) is 21.9 Å². The van der Waals surface area contributed by atoms with Gasteiger partial charge in [0.1, 0.15) is 16.9 Å². The zero-order chi connectivity index (χ0) is 17.2. The maximum absolute atomic E-state index is 12.1. The van der Waals surface area contributed by atoms with Gasteiger partial charge in [-0.15, -0.1) is 0 Å². The molecule has 1 amide bonds. The van der Waals surface area contributed by atoms with E-state index in [-0.39, 0.29) is 12.5 Å². The van der Waals surface area contributed by atoms with Gasteiger partial charge in [0, 0.05) is 10.8 Å². The summed E-state index contributed by atoms with van der Waals surface area (Å²) in [6, 6.07) is 20.4. The van der Waals surface area contributed by atoms with Crippen LogP contribution in [0.5, 0.6) is 5.75 Å². The van der Waals surface area contributed by atoms with Crippen molar-refractivity contribution in [2.24, 2.45) is 0 Å². The van der Waals surface area contributed by atoms with E-state index in [4.69, 9.17) is 20.8 Å². The minimum absolute atomic E-state index is 0.105. The molecule has 1 N–H and O–H groups in total. The fraction of sp³-hybridized carbons (Fsp3) is 0.0500. The molecular weight excluding hydrogens is 338 g/mol. The van der Waals surface area contributed by atoms with E-state index in [1.54, 1.807) is 30.3 Å². The highest BCUT2D eigenvalue weighted by Gasteiger charge is 2.09. The van der Waals surface area contributed by atoms with E-state index in [2.05, 4.69) is 5.32 Å². The van der Waals surface area contributed by atoms with Crippen molar-refractivity contribution in [3.63, 3.8) is 0 Å². The van der Waals surface area contributed by atoms with Crippen LogP contribution in [0.25, 0.3) is 21.9 Å². The molecule has 0 aliphatic rings. The number of carbonyl (C=O) groups excluding carboxylic acids is 1. The second-order valence-electron chi connectivity index (χ2n) is 5.57. The number of para-hydroxylation sites is 2. The lowest BCUT2D eigenvalue weighted by atomic mass is 10.1. The number of amides is 1. The number of hydrogen-bond donors (Lipinski definition) is 1. The first-order valence-electron chi connectivity index (χ1n) is 7.79. The van der Waals surface area contributed by atoms with Crippen LogP contribution in [0.3, 0.4) is 0 Å². The number of carbonyl (C=O) groups is 1. The summed E-state index contributed by atoms with van der Waals surface area (Å²) in [6.45, 7) is -0.105. The highest BCUT2D eigenvalue weighted by Crippen LogP contribution is 2.31. The minimum Gasteiger partial charge on any atom is -0.484 e. The Hall–Kier alpha value is -2.98. The van der Waals surface area contributed by atoms with Gasteiger partial charge in [-0.3, -0.25) is 4.79 Å². The second kappa shape index (κ2) is 6.49. The largest absolute Gasteiger partial charge is 0.484 e. The summed E-state index contributed by atoms with van der Waals surface area (Å²) in [5.41, 5.74) is 2.18. The number of ether oxygens (including phenoxy) is 1. The quantitative estimate of drug-likeness (QED) is 0.545. The van der Waals surface area contributed by atoms with Gasteiger partial charge in [0.05, 0.1) is 10.7 Å². The smallest absolute Gasteiger partial charge is 0.262 e. The molecule has 0 atom stereocenters. The maximum atomic E-state index is 12.1. The van der Waals surface area contributed by atoms with Crippen molar-refractivity contribution in [1.29, 1.82) is 0 Å². The summed E-state index contributed by atoms with van der Waals surface area (Å²) in [6.07, 6.45) is 0. The summed E-state index contributed by atoms with van der Waals surface area (Å²) in [7, 11) is 0. The molecule has 3 aromatic carbocycles. The second-order valence-corrected chi connectivity index (χ2v) is 5.98. The van der Waals surface area contributed by atoms with Crippen molar-refractivity contribution in [2.45, 2.75) is 0 Å². The highest BCUT2D eigenvalue weighted by molar-refractivity contribution is 6.33. The third-order valence-corrected chi connectivity index (χ3v) is 4.20. The molecule has 5 heteroatoms. The lowest BCUT2D eigenvalue weighted by Gasteiger charge is -2.08. The molecule has 0 bridgehead atoms. The Morgan fingerprint density at radius 3 is 2.60 bits per heavy atom. The first-order chi connectivity index (χ1) is 12.2. The van der Waals surface area contributed by atoms with E-state index in [0.29, 0.717) is 16.5 Å². The Morgan fingerprint density at radius 2 is 1.72 bits per heavy atom. The molecule has 0 unspecified atom stereocenters. The lowest BCUT2D eigenvalue weighted by Crippen LogP contribution is -2.20. The van der Waals surface area contributed by atoms with Crippen molar-refractivity contribution in [3.8, 4) is 5.75 Å². The van der Waals surface area contributed by atoms with E-state index in [1.165, 1.54) is 0 Å². The number of fused-ring (bicyclic) bond motifs is 3. The molecule has 0 saturated heterocycles. The average molecular weight is 352 g/mol. The van der Waals surface area contributed by atoms with Crippen LogP contribution in [0.15, 0.2) is 71.1 Å². The van der Waals surface area contributed by atoms with Crippen LogP contribution in [0.4, 0.5) is 5.69 Å². The molecule has 0 fully saturated rings. The summed E-state index contributed by atoms with van der Waals surface area (Å²) in [5, 5.41) is 5.19. The molecule has 25 heavy (non-hydrogen) atoms. The Labute approximate surface area is 149 Å². The molecule has 1 aromatic heterocycles. The summed E-state index contributed by atoms with van der Waals surface area (Å²) in [5.74, 6) is 0.332. The third-order valence-electron chi connectivity index (χ3n) is 3.87. The van der Waals surface area contributed by atoms with Crippen LogP contribution in [-0.2, 0) is 4.79 Å². The molecule has 0 spiro atoms. The normalized spacial score (nSPS) is 10.9. The molecule has 4 rings (SSSR count). The number of anilines is 1. The van der Waals surface area contributed by atoms with Gasteiger partial charge >= 0.3 is 0 Å². The fourth-order valence-corrected chi connectivity index (χ4v) is 2.88. The molecule has 0 aliphatic heterocycles. The van der Waals surface area contributed by atoms with Crippen LogP contribution >= 0.6 is 11.6 Å². The monoisotopic (exact) mass is 351 g/mol. The number of benzene rings is 3. The lowest BCUT2D eigenvalue weighted by molar-refractivity contribution is -0.118. The van der Waals surface area contributed by atoms with E-state index >= 15 is 0 Å². The molecule has 4 aromatic rings. The van der Waals surface area contributed by atoms with Gasteiger partial charge in [0.25, 0.3) is 5.91 Å². The van der Waals surface area contributed by atoms with Crippen LogP contribution < -0.4 is 10.1 Å². The van der Waals surface area contributed by atoms with Gasteiger partial charge in [0.2, 0.25) is 0 Å². The minimum atomic E-state index is -0.273. The zero-order valence-corrected chi connectivity index (χ0v) is 13.9. The molecule has 1 heterocycles. The zero-order valence-electron chi connectivity index (χ0n) is 13.2. The summed E-state index contributed by atoms with van der Waals surface area (Å²) in [4.78, 5) is 12.1. The first-order valence-corrected chi connectivity index (χ1v) is 8.17. The van der Waals surface area contributed by atoms with Crippen LogP contribution in [0.2, 0.25) is 5.02 Å². The van der Waals surface area contributed by atoms with Crippen molar-refractivity contribution >= 4 is 45.1 Å². The SMILES string of the molecule is O=C(COc1ccc2oc3ccccc3c2c1)Nc1ccccc1Cl. The predicted molar refractivity (Wildman–Crippen MR) is 99.3 cm³/mol. The van der Waals surface area contributed by atoms with Crippen molar-refractivity contribution in [2.75, 3.05) is 11.9 Å². The Bertz CT molecular complexity index is 1070. The van der Waals surface area contributed by atoms with Gasteiger partial charge in [-0.2, -0.15) is 0 Å². The highest BCUT2D eigenvalue weighted by atomic mass is 35.5. The van der Waals surface area contributed by atoms with E-state index in [1.807, 2.05) is 36.4 Å². The third kappa shape index (κ3) is 3.16. The number of hydrogen-bond acceptors (Lipinski definition) is 3. The topological polar surface area (TPSA) is 51.5 Å². The van der Waals surface area contributed by atoms with Crippen molar-refractivity contribution in [1.82, 2.24) is 0 Å². The molecular formula is C20H14ClNO3. The van der Waals surface area contributed by atoms with Gasteiger partial charge in [-0.05, 0) is 36.4 Å². The average Bonchev–Trinajstić information content (AvgIpc) is 3.00. The Morgan fingerprint density at radius 1 is 0.960 bits per heavy atom. The number of nitrogens with one attached hydrogen (secondary N) is 1. The van der Waals surface area contributed by atoms with Gasteiger partial charge in [-0.25, -0.2) is 0 Å². The van der Waals surface area contributed by atoms with E-state index in [9.17, 15) is 4.79 Å². The summed E-state index contributed by atoms with van der Waals surface area (Å²) >= 11 is 6.03. The standard InChI is InChI=1S/C20H14ClNO3/c21-16-6-2-3-7-17(16)22-20(23)12-24-13-9-10-19-15(11-13)14-5-1-4-8-18(14)25-19/h1-11H,12H2,(H,22,23). The molecule has 124 valence electrons. The van der Waals surface area contributed by atoms with Crippen LogP contribution in [0.1, 0.15) is 0 Å². The van der Waals surface area contributed by atoms with Crippen molar-refractivity contribution < 1.29 is 13.9 Å². The first kappa shape index (κ1) is 15.5. The number of furan rings is 1. The molecule has 0 saturated carbocycles. The molecule has 0 radical (unpaired) electrons. The molecule has 4 nitrogen and oxygen atoms in total. The Kier molecular flexibility index (Phi) is 4.04. The van der Waals surface area contributed by atoms with Crippen LogP contribution in [0, 0.1) is 0 Å². The van der Waals surface area contributed by atoms with Gasteiger partial charge in [0.15, 0.2) is 6.61 Å². The predicted octanol–water partition coefficient (Wildman–Crippen LogP) is 5.26. The summed E-state index contributed by atoms with van der Waals surface area (Å²) < 4.78 is 11.4. The van der Waals surface area contributed by atoms with Crippen molar-refractivity contribution in [3.05, 3.63) is 71.8 Å². The van der Waals surface area contributed by atoms with E-state index < -0.39 is 0 Å².